The first kappa shape index (κ1) is 27.0. The van der Waals surface area contributed by atoms with E-state index in [4.69, 9.17) is 9.84 Å². The molecular formula is C32H29N5O3S. The molecule has 3 heterocycles. The predicted octanol–water partition coefficient (Wildman–Crippen LogP) is 4.62. The lowest BCUT2D eigenvalue weighted by Crippen LogP contribution is -2.37. The first-order valence-electron chi connectivity index (χ1n) is 13.6. The fraction of sp³-hybridized carbons (Fsp3) is 0.250. The summed E-state index contributed by atoms with van der Waals surface area (Å²) in [5.74, 6) is -2.19. The van der Waals surface area contributed by atoms with Crippen LogP contribution in [-0.4, -0.2) is 52.7 Å². The van der Waals surface area contributed by atoms with E-state index in [2.05, 4.69) is 16.3 Å². The molecule has 1 saturated heterocycles. The van der Waals surface area contributed by atoms with E-state index in [1.165, 1.54) is 0 Å². The molecule has 1 atom stereocenters. The van der Waals surface area contributed by atoms with Gasteiger partial charge in [-0.15, -0.1) is 11.8 Å². The molecule has 41 heavy (non-hydrogen) atoms. The highest BCUT2D eigenvalue weighted by molar-refractivity contribution is 7.98. The fourth-order valence-electron chi connectivity index (χ4n) is 5.30. The first-order valence-corrected chi connectivity index (χ1v) is 14.6. The molecule has 3 aromatic carbocycles. The molecular weight excluding hydrogens is 534 g/mol. The lowest BCUT2D eigenvalue weighted by Gasteiger charge is -2.27. The van der Waals surface area contributed by atoms with Gasteiger partial charge >= 0.3 is 0 Å². The second-order valence-corrected chi connectivity index (χ2v) is 11.0. The maximum Gasteiger partial charge on any atom is 0.245 e. The third-order valence-corrected chi connectivity index (χ3v) is 8.55. The van der Waals surface area contributed by atoms with Gasteiger partial charge < -0.3 is 10.1 Å². The Bertz CT molecular complexity index is 1620. The summed E-state index contributed by atoms with van der Waals surface area (Å²) in [4.78, 5) is 30.5. The minimum absolute atomic E-state index is 0.167. The summed E-state index contributed by atoms with van der Waals surface area (Å²) in [6.07, 6.45) is 0. The lowest BCUT2D eigenvalue weighted by molar-refractivity contribution is -0.122. The average molecular weight is 564 g/mol. The molecule has 1 unspecified atom stereocenters. The van der Waals surface area contributed by atoms with Gasteiger partial charge in [0, 0.05) is 48.0 Å². The summed E-state index contributed by atoms with van der Waals surface area (Å²) < 4.78 is 7.21. The van der Waals surface area contributed by atoms with Gasteiger partial charge in [-0.25, -0.2) is 4.68 Å². The second kappa shape index (κ2) is 12.1. The quantitative estimate of drug-likeness (QED) is 0.247. The van der Waals surface area contributed by atoms with E-state index >= 15 is 0 Å². The van der Waals surface area contributed by atoms with Crippen molar-refractivity contribution in [2.24, 2.45) is 5.92 Å². The molecule has 6 rings (SSSR count). The summed E-state index contributed by atoms with van der Waals surface area (Å²) in [5, 5.41) is 17.6. The highest BCUT2D eigenvalue weighted by atomic mass is 32.2. The van der Waals surface area contributed by atoms with Crippen molar-refractivity contribution in [3.8, 4) is 23.0 Å². The summed E-state index contributed by atoms with van der Waals surface area (Å²) in [6.45, 7) is 4.10. The van der Waals surface area contributed by atoms with Gasteiger partial charge in [-0.2, -0.15) is 10.4 Å². The van der Waals surface area contributed by atoms with Gasteiger partial charge in [0.15, 0.2) is 5.92 Å². The van der Waals surface area contributed by atoms with Crippen LogP contribution in [0.5, 0.6) is 0 Å². The van der Waals surface area contributed by atoms with E-state index in [-0.39, 0.29) is 12.2 Å². The van der Waals surface area contributed by atoms with E-state index in [9.17, 15) is 14.9 Å². The summed E-state index contributed by atoms with van der Waals surface area (Å²) in [5.41, 5.74) is 5.56. The van der Waals surface area contributed by atoms with Gasteiger partial charge in [0.1, 0.15) is 5.69 Å². The van der Waals surface area contributed by atoms with Gasteiger partial charge in [0.25, 0.3) is 0 Å². The molecule has 0 radical (unpaired) electrons. The van der Waals surface area contributed by atoms with Crippen molar-refractivity contribution >= 4 is 23.5 Å². The van der Waals surface area contributed by atoms with Crippen molar-refractivity contribution in [2.75, 3.05) is 26.3 Å². The minimum atomic E-state index is -1.51. The Balaban J connectivity index is 1.26. The standard InChI is InChI=1S/C32H29N5O3S/c33-18-26(32(39)34-19-22-8-4-5-9-23(22)20-36-14-16-40-17-15-36)31(38)29-27-21-41-28-13-7-6-12-25(28)30(27)37(35-29)24-10-2-1-3-11-24/h1-13,26H,14-17,19-21H2,(H,34,39). The van der Waals surface area contributed by atoms with Crippen LogP contribution in [0.3, 0.4) is 0 Å². The molecule has 2 aliphatic heterocycles. The first-order chi connectivity index (χ1) is 20.1. The number of carbonyl (C=O) groups excluding carboxylic acids is 2. The van der Waals surface area contributed by atoms with E-state index in [1.54, 1.807) is 16.4 Å². The zero-order valence-electron chi connectivity index (χ0n) is 22.5. The van der Waals surface area contributed by atoms with Gasteiger partial charge in [-0.1, -0.05) is 60.7 Å². The van der Waals surface area contributed by atoms with Gasteiger partial charge in [-0.3, -0.25) is 14.5 Å². The molecule has 2 aliphatic rings. The third-order valence-electron chi connectivity index (χ3n) is 7.45. The smallest absolute Gasteiger partial charge is 0.245 e. The van der Waals surface area contributed by atoms with E-state index in [0.717, 1.165) is 58.2 Å². The molecule has 1 N–H and O–H groups in total. The van der Waals surface area contributed by atoms with Gasteiger partial charge in [0.05, 0.1) is 30.7 Å². The number of ketones is 1. The number of thioether (sulfide) groups is 1. The number of benzene rings is 3. The molecule has 0 bridgehead atoms. The van der Waals surface area contributed by atoms with Crippen LogP contribution in [0.2, 0.25) is 0 Å². The number of nitriles is 1. The maximum absolute atomic E-state index is 13.8. The fourth-order valence-corrected chi connectivity index (χ4v) is 6.37. The molecule has 1 amide bonds. The molecule has 206 valence electrons. The molecule has 8 nitrogen and oxygen atoms in total. The molecule has 0 spiro atoms. The van der Waals surface area contributed by atoms with Crippen molar-refractivity contribution < 1.29 is 14.3 Å². The SMILES string of the molecule is N#CC(C(=O)NCc1ccccc1CN1CCOCC1)C(=O)c1nn(-c2ccccc2)c2c1CSc1ccccc1-2. The van der Waals surface area contributed by atoms with E-state index in [0.29, 0.717) is 19.0 Å². The van der Waals surface area contributed by atoms with E-state index < -0.39 is 17.6 Å². The Morgan fingerprint density at radius 3 is 2.46 bits per heavy atom. The largest absolute Gasteiger partial charge is 0.379 e. The molecule has 9 heteroatoms. The van der Waals surface area contributed by atoms with Crippen LogP contribution in [0.1, 0.15) is 27.2 Å². The number of rotatable bonds is 8. The Labute approximate surface area is 242 Å². The number of aromatic nitrogens is 2. The Morgan fingerprint density at radius 2 is 1.68 bits per heavy atom. The number of hydrogen-bond acceptors (Lipinski definition) is 7. The van der Waals surface area contributed by atoms with Crippen LogP contribution in [0.4, 0.5) is 0 Å². The van der Waals surface area contributed by atoms with Crippen LogP contribution < -0.4 is 5.32 Å². The van der Waals surface area contributed by atoms with Crippen molar-refractivity contribution in [1.29, 1.82) is 5.26 Å². The highest BCUT2D eigenvalue weighted by Gasteiger charge is 2.35. The van der Waals surface area contributed by atoms with Crippen LogP contribution in [-0.2, 0) is 28.4 Å². The number of amides is 1. The van der Waals surface area contributed by atoms with Crippen LogP contribution >= 0.6 is 11.8 Å². The number of ether oxygens (including phenoxy) is 1. The second-order valence-electron chi connectivity index (χ2n) is 10.0. The number of fused-ring (bicyclic) bond motifs is 3. The normalized spacial score (nSPS) is 15.3. The zero-order valence-corrected chi connectivity index (χ0v) is 23.3. The number of nitrogens with zero attached hydrogens (tertiary/aromatic N) is 4. The monoisotopic (exact) mass is 563 g/mol. The molecule has 1 aromatic heterocycles. The van der Waals surface area contributed by atoms with Crippen LogP contribution in [0.15, 0.2) is 83.8 Å². The van der Waals surface area contributed by atoms with Crippen LogP contribution in [0.25, 0.3) is 16.9 Å². The maximum atomic E-state index is 13.8. The lowest BCUT2D eigenvalue weighted by atomic mass is 9.97. The number of morpholine rings is 1. The predicted molar refractivity (Wildman–Crippen MR) is 156 cm³/mol. The number of para-hydroxylation sites is 1. The van der Waals surface area contributed by atoms with Gasteiger partial charge in [0.2, 0.25) is 11.7 Å². The van der Waals surface area contributed by atoms with Crippen molar-refractivity contribution in [2.45, 2.75) is 23.7 Å². The molecule has 1 fully saturated rings. The van der Waals surface area contributed by atoms with E-state index in [1.807, 2.05) is 78.9 Å². The Kier molecular flexibility index (Phi) is 7.96. The summed E-state index contributed by atoms with van der Waals surface area (Å²) in [7, 11) is 0. The van der Waals surface area contributed by atoms with Gasteiger partial charge in [-0.05, 0) is 29.3 Å². The summed E-state index contributed by atoms with van der Waals surface area (Å²) in [6, 6.07) is 27.5. The topological polar surface area (TPSA) is 100 Å². The van der Waals surface area contributed by atoms with Crippen molar-refractivity contribution in [1.82, 2.24) is 20.0 Å². The van der Waals surface area contributed by atoms with Crippen molar-refractivity contribution in [3.05, 3.63) is 101 Å². The highest BCUT2D eigenvalue weighted by Crippen LogP contribution is 2.44. The number of carbonyl (C=O) groups is 2. The summed E-state index contributed by atoms with van der Waals surface area (Å²) >= 11 is 1.62. The van der Waals surface area contributed by atoms with Crippen molar-refractivity contribution in [3.63, 3.8) is 0 Å². The number of hydrogen-bond donors (Lipinski definition) is 1. The molecule has 0 aliphatic carbocycles. The molecule has 4 aromatic rings. The van der Waals surface area contributed by atoms with Crippen LogP contribution in [0, 0.1) is 17.2 Å². The Hall–Kier alpha value is -4.23. The molecule has 0 saturated carbocycles. The third kappa shape index (κ3) is 5.55. The minimum Gasteiger partial charge on any atom is -0.379 e. The number of nitrogens with one attached hydrogen (secondary N) is 1. The Morgan fingerprint density at radius 1 is 0.976 bits per heavy atom. The zero-order chi connectivity index (χ0) is 28.2. The average Bonchev–Trinajstić information content (AvgIpc) is 3.42. The number of Topliss-reactive ketones (excluding diaryl/α,β-unsaturated/α-hetero) is 1.